The minimum Gasteiger partial charge on any atom is -0.459 e. The van der Waals surface area contributed by atoms with E-state index in [1.807, 2.05) is 6.07 Å². The Bertz CT molecular complexity index is 855. The van der Waals surface area contributed by atoms with Crippen LogP contribution in [0.1, 0.15) is 43.4 Å². The van der Waals surface area contributed by atoms with Crippen LogP contribution in [0, 0.1) is 0 Å². The Morgan fingerprint density at radius 3 is 2.81 bits per heavy atom. The number of benzene rings is 1. The fourth-order valence-electron chi connectivity index (χ4n) is 4.52. The third-order valence-corrected chi connectivity index (χ3v) is 6.06. The molecule has 2 aromatic rings. The number of nitrogens with one attached hydrogen (secondary N) is 2. The van der Waals surface area contributed by atoms with E-state index in [9.17, 15) is 0 Å². The van der Waals surface area contributed by atoms with Crippen molar-refractivity contribution in [2.24, 2.45) is 0 Å². The van der Waals surface area contributed by atoms with Gasteiger partial charge < -0.3 is 19.8 Å². The average Bonchev–Trinajstić information content (AvgIpc) is 3.02. The van der Waals surface area contributed by atoms with Crippen molar-refractivity contribution in [3.8, 4) is 0 Å². The first-order valence-electron chi connectivity index (χ1n) is 9.69. The van der Waals surface area contributed by atoms with Gasteiger partial charge in [-0.1, -0.05) is 37.4 Å². The molecule has 146 valence electrons. The zero-order valence-electron chi connectivity index (χ0n) is 16.2. The number of ether oxygens (including phenoxy) is 1. The number of nitrogens with zero attached hydrogens (tertiary/aromatic N) is 1. The lowest BCUT2D eigenvalue weighted by Crippen LogP contribution is -2.48. The van der Waals surface area contributed by atoms with E-state index in [2.05, 4.69) is 35.2 Å². The molecule has 1 spiro atoms. The molecule has 2 N–H and O–H groups in total. The minimum absolute atomic E-state index is 0.143. The van der Waals surface area contributed by atoms with Crippen molar-refractivity contribution in [1.82, 2.24) is 10.2 Å². The molecule has 0 atom stereocenters. The molecule has 0 bridgehead atoms. The Morgan fingerprint density at radius 1 is 1.30 bits per heavy atom. The first-order chi connectivity index (χ1) is 13.0. The molecule has 5 nitrogen and oxygen atoms in total. The van der Waals surface area contributed by atoms with Gasteiger partial charge in [-0.05, 0) is 32.0 Å². The van der Waals surface area contributed by atoms with Gasteiger partial charge in [0.05, 0.1) is 35.2 Å². The highest BCUT2D eigenvalue weighted by Crippen LogP contribution is 2.49. The summed E-state index contributed by atoms with van der Waals surface area (Å²) in [5, 5.41) is 8.77. The number of halogens is 1. The minimum atomic E-state index is -0.143. The lowest BCUT2D eigenvalue weighted by molar-refractivity contribution is 0.155. The molecule has 1 fully saturated rings. The molecule has 6 heteroatoms. The molecule has 2 heterocycles. The molecule has 27 heavy (non-hydrogen) atoms. The van der Waals surface area contributed by atoms with Crippen molar-refractivity contribution in [3.05, 3.63) is 40.9 Å². The maximum absolute atomic E-state index is 6.67. The molecule has 0 saturated heterocycles. The zero-order chi connectivity index (χ0) is 19.0. The van der Waals surface area contributed by atoms with Crippen LogP contribution in [-0.2, 0) is 16.8 Å². The van der Waals surface area contributed by atoms with Crippen LogP contribution < -0.4 is 10.6 Å². The Hall–Kier alpha value is -1.69. The van der Waals surface area contributed by atoms with E-state index >= 15 is 0 Å². The monoisotopic (exact) mass is 389 g/mol. The summed E-state index contributed by atoms with van der Waals surface area (Å²) in [7, 11) is 3.80. The van der Waals surface area contributed by atoms with Crippen molar-refractivity contribution < 1.29 is 9.15 Å². The first kappa shape index (κ1) is 18.7. The average molecular weight is 390 g/mol. The summed E-state index contributed by atoms with van der Waals surface area (Å²) in [5.41, 5.74) is 2.92. The Labute approximate surface area is 165 Å². The summed E-state index contributed by atoms with van der Waals surface area (Å²) in [5.74, 6) is 1.76. The molecular weight excluding hydrogens is 362 g/mol. The highest BCUT2D eigenvalue weighted by atomic mass is 35.5. The third-order valence-electron chi connectivity index (χ3n) is 5.76. The number of fused-ring (bicyclic) bond motifs is 4. The van der Waals surface area contributed by atoms with Gasteiger partial charge in [-0.3, -0.25) is 4.90 Å². The molecule has 2 aliphatic rings. The van der Waals surface area contributed by atoms with E-state index in [4.69, 9.17) is 20.8 Å². The number of likely N-dealkylation sites (N-methyl/N-ethyl adjacent to an activating group) is 1. The SMILES string of the molecule is C=C1Nc2c(Cl)cc3cc(CN(C)CCOC)oc3c2C2(CCCCC2)N1. The van der Waals surface area contributed by atoms with Crippen LogP contribution in [0.15, 0.2) is 28.9 Å². The fraction of sp³-hybridized carbons (Fsp3) is 0.524. The van der Waals surface area contributed by atoms with Crippen LogP contribution in [0.2, 0.25) is 5.02 Å². The predicted molar refractivity (Wildman–Crippen MR) is 110 cm³/mol. The highest BCUT2D eigenvalue weighted by Gasteiger charge is 2.42. The quantitative estimate of drug-likeness (QED) is 0.768. The van der Waals surface area contributed by atoms with Crippen molar-refractivity contribution in [3.63, 3.8) is 0 Å². The van der Waals surface area contributed by atoms with Gasteiger partial charge in [-0.2, -0.15) is 0 Å². The van der Waals surface area contributed by atoms with E-state index in [0.717, 1.165) is 59.2 Å². The van der Waals surface area contributed by atoms with E-state index < -0.39 is 0 Å². The number of rotatable bonds is 5. The van der Waals surface area contributed by atoms with Gasteiger partial charge in [0.1, 0.15) is 11.3 Å². The summed E-state index contributed by atoms with van der Waals surface area (Å²) < 4.78 is 11.6. The van der Waals surface area contributed by atoms with Gasteiger partial charge in [0.2, 0.25) is 0 Å². The Morgan fingerprint density at radius 2 is 2.07 bits per heavy atom. The van der Waals surface area contributed by atoms with E-state index in [1.165, 1.54) is 24.8 Å². The van der Waals surface area contributed by atoms with Gasteiger partial charge in [0, 0.05) is 24.6 Å². The lowest BCUT2D eigenvalue weighted by atomic mass is 9.74. The number of hydrogen-bond donors (Lipinski definition) is 2. The number of methoxy groups -OCH3 is 1. The van der Waals surface area contributed by atoms with Gasteiger partial charge in [0.25, 0.3) is 0 Å². The Balaban J connectivity index is 1.78. The summed E-state index contributed by atoms with van der Waals surface area (Å²) in [4.78, 5) is 2.20. The van der Waals surface area contributed by atoms with E-state index in [-0.39, 0.29) is 5.54 Å². The maximum atomic E-state index is 6.67. The lowest BCUT2D eigenvalue weighted by Gasteiger charge is -2.44. The maximum Gasteiger partial charge on any atom is 0.142 e. The molecule has 1 aromatic carbocycles. The van der Waals surface area contributed by atoms with E-state index in [0.29, 0.717) is 6.61 Å². The highest BCUT2D eigenvalue weighted by molar-refractivity contribution is 6.34. The van der Waals surface area contributed by atoms with Gasteiger partial charge in [0.15, 0.2) is 0 Å². The van der Waals surface area contributed by atoms with Crippen molar-refractivity contribution >= 4 is 28.3 Å². The van der Waals surface area contributed by atoms with Crippen molar-refractivity contribution in [1.29, 1.82) is 0 Å². The van der Waals surface area contributed by atoms with Crippen molar-refractivity contribution in [2.45, 2.75) is 44.2 Å². The first-order valence-corrected chi connectivity index (χ1v) is 10.1. The second-order valence-electron chi connectivity index (χ2n) is 7.84. The molecule has 1 saturated carbocycles. The number of furan rings is 1. The normalized spacial score (nSPS) is 18.6. The van der Waals surface area contributed by atoms with Crippen LogP contribution >= 0.6 is 11.6 Å². The summed E-state index contributed by atoms with van der Waals surface area (Å²) in [6.07, 6.45) is 5.80. The van der Waals surface area contributed by atoms with E-state index in [1.54, 1.807) is 7.11 Å². The second kappa shape index (κ2) is 7.38. The van der Waals surface area contributed by atoms with Gasteiger partial charge in [-0.15, -0.1) is 0 Å². The third kappa shape index (κ3) is 3.44. The summed E-state index contributed by atoms with van der Waals surface area (Å²) in [6, 6.07) is 4.12. The molecule has 0 amide bonds. The standard InChI is InChI=1S/C21H28ClN3O2/c1-14-23-19-17(22)12-15-11-16(13-25(2)9-10-26-3)27-20(15)18(19)21(24-14)7-5-4-6-8-21/h11-12,23-24H,1,4-10,13H2,2-3H3. The summed E-state index contributed by atoms with van der Waals surface area (Å²) >= 11 is 6.67. The molecular formula is C21H28ClN3O2. The Kier molecular flexibility index (Phi) is 5.10. The molecule has 1 aliphatic carbocycles. The van der Waals surface area contributed by atoms with Crippen LogP contribution in [0.3, 0.4) is 0 Å². The molecule has 0 radical (unpaired) electrons. The molecule has 4 rings (SSSR count). The zero-order valence-corrected chi connectivity index (χ0v) is 16.9. The van der Waals surface area contributed by atoms with Crippen LogP contribution in [0.4, 0.5) is 5.69 Å². The topological polar surface area (TPSA) is 49.7 Å². The molecule has 1 aromatic heterocycles. The molecule has 0 unspecified atom stereocenters. The summed E-state index contributed by atoms with van der Waals surface area (Å²) in [6.45, 7) is 6.43. The number of anilines is 1. The van der Waals surface area contributed by atoms with Crippen LogP contribution in [0.5, 0.6) is 0 Å². The van der Waals surface area contributed by atoms with Crippen LogP contribution in [0.25, 0.3) is 11.0 Å². The predicted octanol–water partition coefficient (Wildman–Crippen LogP) is 4.81. The largest absolute Gasteiger partial charge is 0.459 e. The second-order valence-corrected chi connectivity index (χ2v) is 8.25. The van der Waals surface area contributed by atoms with Crippen LogP contribution in [-0.4, -0.2) is 32.2 Å². The van der Waals surface area contributed by atoms with Crippen molar-refractivity contribution in [2.75, 3.05) is 32.6 Å². The smallest absolute Gasteiger partial charge is 0.142 e. The fourth-order valence-corrected chi connectivity index (χ4v) is 4.77. The number of hydrogen-bond acceptors (Lipinski definition) is 5. The molecule has 1 aliphatic heterocycles. The van der Waals surface area contributed by atoms with Gasteiger partial charge in [-0.25, -0.2) is 0 Å². The van der Waals surface area contributed by atoms with Gasteiger partial charge >= 0.3 is 0 Å².